The minimum Gasteiger partial charge on any atom is -0.326 e. The van der Waals surface area contributed by atoms with Crippen LogP contribution in [-0.4, -0.2) is 5.91 Å². The number of rotatable bonds is 5. The van der Waals surface area contributed by atoms with Crippen molar-refractivity contribution < 1.29 is 9.18 Å². The fraction of sp³-hybridized carbons (Fsp3) is 0.136. The monoisotopic (exact) mass is 365 g/mol. The third kappa shape index (κ3) is 4.96. The number of amides is 1. The molecule has 132 valence electrons. The van der Waals surface area contributed by atoms with Crippen molar-refractivity contribution in [1.82, 2.24) is 0 Å². The molecule has 3 rings (SSSR count). The van der Waals surface area contributed by atoms with Gasteiger partial charge in [0.15, 0.2) is 0 Å². The summed E-state index contributed by atoms with van der Waals surface area (Å²) in [6, 6.07) is 20.2. The second kappa shape index (κ2) is 8.19. The number of hydrogen-bond donors (Lipinski definition) is 1. The highest BCUT2D eigenvalue weighted by Crippen LogP contribution is 2.31. The van der Waals surface area contributed by atoms with Crippen LogP contribution >= 0.6 is 11.8 Å². The summed E-state index contributed by atoms with van der Waals surface area (Å²) < 4.78 is 12.9. The van der Waals surface area contributed by atoms with Gasteiger partial charge in [0, 0.05) is 15.5 Å². The lowest BCUT2D eigenvalue weighted by molar-refractivity contribution is -0.115. The molecule has 0 unspecified atom stereocenters. The van der Waals surface area contributed by atoms with Crippen LogP contribution < -0.4 is 5.32 Å². The van der Waals surface area contributed by atoms with Gasteiger partial charge in [0.2, 0.25) is 5.91 Å². The summed E-state index contributed by atoms with van der Waals surface area (Å²) in [7, 11) is 0. The zero-order valence-electron chi connectivity index (χ0n) is 14.8. The van der Waals surface area contributed by atoms with Gasteiger partial charge in [-0.25, -0.2) is 4.39 Å². The summed E-state index contributed by atoms with van der Waals surface area (Å²) in [6.45, 7) is 4.19. The van der Waals surface area contributed by atoms with Crippen molar-refractivity contribution in [2.24, 2.45) is 0 Å². The lowest BCUT2D eigenvalue weighted by Gasteiger charge is -2.09. The van der Waals surface area contributed by atoms with Crippen molar-refractivity contribution in [2.75, 3.05) is 5.32 Å². The molecular formula is C22H20FNOS. The largest absolute Gasteiger partial charge is 0.326 e. The van der Waals surface area contributed by atoms with Gasteiger partial charge in [-0.2, -0.15) is 0 Å². The van der Waals surface area contributed by atoms with Crippen molar-refractivity contribution in [3.8, 4) is 0 Å². The van der Waals surface area contributed by atoms with Crippen molar-refractivity contribution in [1.29, 1.82) is 0 Å². The summed E-state index contributed by atoms with van der Waals surface area (Å²) in [4.78, 5) is 14.5. The molecule has 0 aliphatic carbocycles. The maximum atomic E-state index is 12.9. The predicted octanol–water partition coefficient (Wildman–Crippen LogP) is 5.77. The Balaban J connectivity index is 1.61. The van der Waals surface area contributed by atoms with E-state index in [4.69, 9.17) is 0 Å². The van der Waals surface area contributed by atoms with Crippen LogP contribution in [0.5, 0.6) is 0 Å². The number of hydrogen-bond acceptors (Lipinski definition) is 2. The average Bonchev–Trinajstić information content (AvgIpc) is 2.62. The predicted molar refractivity (Wildman–Crippen MR) is 105 cm³/mol. The Morgan fingerprint density at radius 3 is 2.35 bits per heavy atom. The molecule has 3 aromatic rings. The molecule has 0 saturated carbocycles. The second-order valence-electron chi connectivity index (χ2n) is 6.25. The van der Waals surface area contributed by atoms with E-state index in [2.05, 4.69) is 37.4 Å². The van der Waals surface area contributed by atoms with Gasteiger partial charge >= 0.3 is 0 Å². The molecule has 4 heteroatoms. The Kier molecular flexibility index (Phi) is 5.74. The molecule has 0 spiro atoms. The molecule has 0 aliphatic rings. The molecule has 0 fully saturated rings. The van der Waals surface area contributed by atoms with E-state index in [1.807, 2.05) is 24.3 Å². The van der Waals surface area contributed by atoms with Gasteiger partial charge in [0.1, 0.15) is 5.82 Å². The molecule has 26 heavy (non-hydrogen) atoms. The quantitative estimate of drug-likeness (QED) is 0.621. The lowest BCUT2D eigenvalue weighted by atomic mass is 10.1. The molecule has 0 bridgehead atoms. The van der Waals surface area contributed by atoms with Crippen LogP contribution in [-0.2, 0) is 11.2 Å². The maximum Gasteiger partial charge on any atom is 0.228 e. The fourth-order valence-corrected chi connectivity index (χ4v) is 3.54. The first kappa shape index (κ1) is 18.2. The maximum absolute atomic E-state index is 12.9. The number of benzene rings is 3. The molecule has 1 amide bonds. The standard InChI is InChI=1S/C22H20FNOS/c1-15-3-4-16(2)21(13-15)26-20-11-9-19(10-12-20)24-22(25)14-17-5-7-18(23)8-6-17/h3-13H,14H2,1-2H3,(H,24,25). The van der Waals surface area contributed by atoms with Crippen LogP contribution in [0.4, 0.5) is 10.1 Å². The number of nitrogens with one attached hydrogen (secondary N) is 1. The minimum atomic E-state index is -0.300. The molecule has 0 atom stereocenters. The fourth-order valence-electron chi connectivity index (χ4n) is 2.54. The van der Waals surface area contributed by atoms with Gasteiger partial charge in [0.25, 0.3) is 0 Å². The summed E-state index contributed by atoms with van der Waals surface area (Å²) in [5, 5.41) is 2.87. The zero-order valence-corrected chi connectivity index (χ0v) is 15.6. The van der Waals surface area contributed by atoms with E-state index >= 15 is 0 Å². The average molecular weight is 365 g/mol. The van der Waals surface area contributed by atoms with Gasteiger partial charge in [0.05, 0.1) is 6.42 Å². The SMILES string of the molecule is Cc1ccc(C)c(Sc2ccc(NC(=O)Cc3ccc(F)cc3)cc2)c1. The number of anilines is 1. The Morgan fingerprint density at radius 2 is 1.65 bits per heavy atom. The summed E-state index contributed by atoms with van der Waals surface area (Å²) in [5.41, 5.74) is 4.02. The minimum absolute atomic E-state index is 0.119. The molecule has 0 heterocycles. The van der Waals surface area contributed by atoms with Crippen LogP contribution in [0.15, 0.2) is 76.5 Å². The second-order valence-corrected chi connectivity index (χ2v) is 7.36. The molecular weight excluding hydrogens is 345 g/mol. The Hall–Kier alpha value is -2.59. The highest BCUT2D eigenvalue weighted by atomic mass is 32.2. The third-order valence-corrected chi connectivity index (χ3v) is 5.16. The van der Waals surface area contributed by atoms with E-state index in [9.17, 15) is 9.18 Å². The molecule has 0 radical (unpaired) electrons. The third-order valence-electron chi connectivity index (χ3n) is 3.99. The van der Waals surface area contributed by atoms with Crippen molar-refractivity contribution in [3.63, 3.8) is 0 Å². The molecule has 0 aromatic heterocycles. The Morgan fingerprint density at radius 1 is 0.962 bits per heavy atom. The van der Waals surface area contributed by atoms with Crippen molar-refractivity contribution >= 4 is 23.4 Å². The van der Waals surface area contributed by atoms with Crippen molar-refractivity contribution in [3.05, 3.63) is 89.2 Å². The van der Waals surface area contributed by atoms with E-state index in [1.54, 1.807) is 23.9 Å². The van der Waals surface area contributed by atoms with Crippen LogP contribution in [0.1, 0.15) is 16.7 Å². The van der Waals surface area contributed by atoms with Crippen molar-refractivity contribution in [2.45, 2.75) is 30.1 Å². The summed E-state index contributed by atoms with van der Waals surface area (Å²) in [6.07, 6.45) is 0.221. The van der Waals surface area contributed by atoms with Gasteiger partial charge in [-0.15, -0.1) is 0 Å². The first-order chi connectivity index (χ1) is 12.5. The van der Waals surface area contributed by atoms with Crippen LogP contribution in [0, 0.1) is 19.7 Å². The number of aryl methyl sites for hydroxylation is 2. The molecule has 0 saturated heterocycles. The molecule has 0 aliphatic heterocycles. The topological polar surface area (TPSA) is 29.1 Å². The Bertz CT molecular complexity index is 904. The van der Waals surface area contributed by atoms with Gasteiger partial charge < -0.3 is 5.32 Å². The highest BCUT2D eigenvalue weighted by Gasteiger charge is 2.06. The number of carbonyl (C=O) groups is 1. The van der Waals surface area contributed by atoms with Crippen LogP contribution in [0.2, 0.25) is 0 Å². The smallest absolute Gasteiger partial charge is 0.228 e. The molecule has 1 N–H and O–H groups in total. The van der Waals surface area contributed by atoms with Crippen LogP contribution in [0.3, 0.4) is 0 Å². The van der Waals surface area contributed by atoms with Gasteiger partial charge in [-0.05, 0) is 73.0 Å². The van der Waals surface area contributed by atoms with E-state index in [0.29, 0.717) is 0 Å². The first-order valence-electron chi connectivity index (χ1n) is 8.39. The zero-order chi connectivity index (χ0) is 18.5. The number of halogens is 1. The van der Waals surface area contributed by atoms with Crippen LogP contribution in [0.25, 0.3) is 0 Å². The molecule has 3 aromatic carbocycles. The Labute approximate surface area is 157 Å². The normalized spacial score (nSPS) is 10.6. The first-order valence-corrected chi connectivity index (χ1v) is 9.21. The highest BCUT2D eigenvalue weighted by molar-refractivity contribution is 7.99. The lowest BCUT2D eigenvalue weighted by Crippen LogP contribution is -2.14. The van der Waals surface area contributed by atoms with E-state index < -0.39 is 0 Å². The number of carbonyl (C=O) groups excluding carboxylic acids is 1. The van der Waals surface area contributed by atoms with E-state index in [1.165, 1.54) is 28.2 Å². The summed E-state index contributed by atoms with van der Waals surface area (Å²) in [5.74, 6) is -0.419. The van der Waals surface area contributed by atoms with E-state index in [-0.39, 0.29) is 18.1 Å². The molecule has 2 nitrogen and oxygen atoms in total. The van der Waals surface area contributed by atoms with E-state index in [0.717, 1.165) is 16.1 Å². The summed E-state index contributed by atoms with van der Waals surface area (Å²) >= 11 is 1.71. The van der Waals surface area contributed by atoms with Gasteiger partial charge in [-0.3, -0.25) is 4.79 Å². The van der Waals surface area contributed by atoms with Gasteiger partial charge in [-0.1, -0.05) is 36.0 Å².